The number of rotatable bonds is 5. The van der Waals surface area contributed by atoms with Gasteiger partial charge in [-0.25, -0.2) is 9.59 Å². The van der Waals surface area contributed by atoms with Gasteiger partial charge >= 0.3 is 12.2 Å². The molecule has 9 nitrogen and oxygen atoms in total. The first-order valence-corrected chi connectivity index (χ1v) is 10.5. The summed E-state index contributed by atoms with van der Waals surface area (Å²) >= 11 is 0. The second kappa shape index (κ2) is 7.67. The summed E-state index contributed by atoms with van der Waals surface area (Å²) in [6.45, 7) is 10.3. The van der Waals surface area contributed by atoms with Gasteiger partial charge in [0.1, 0.15) is 12.2 Å². The van der Waals surface area contributed by atoms with Gasteiger partial charge in [-0.15, -0.1) is 0 Å². The summed E-state index contributed by atoms with van der Waals surface area (Å²) in [6, 6.07) is 0. The van der Waals surface area contributed by atoms with E-state index in [0.29, 0.717) is 26.2 Å². The van der Waals surface area contributed by atoms with Crippen molar-refractivity contribution in [3.8, 4) is 0 Å². The van der Waals surface area contributed by atoms with Crippen LogP contribution < -0.4 is 0 Å². The average Bonchev–Trinajstić information content (AvgIpc) is 2.86. The van der Waals surface area contributed by atoms with Crippen LogP contribution in [0.4, 0.5) is 9.59 Å². The molecule has 2 fully saturated rings. The van der Waals surface area contributed by atoms with Crippen LogP contribution in [-0.4, -0.2) is 81.7 Å². The normalized spacial score (nSPS) is 21.7. The Balaban J connectivity index is 2.05. The molecule has 154 valence electrons. The molecule has 0 radical (unpaired) electrons. The molecule has 0 aromatic carbocycles. The molecule has 27 heavy (non-hydrogen) atoms. The van der Waals surface area contributed by atoms with Crippen molar-refractivity contribution in [1.29, 1.82) is 0 Å². The van der Waals surface area contributed by atoms with Crippen LogP contribution in [-0.2, 0) is 23.8 Å². The lowest BCUT2D eigenvalue weighted by atomic mass is 9.72. The predicted octanol–water partition coefficient (Wildman–Crippen LogP) is 1.45. The van der Waals surface area contributed by atoms with Gasteiger partial charge in [-0.05, 0) is 20.8 Å². The zero-order chi connectivity index (χ0) is 20.5. The first-order valence-electron chi connectivity index (χ1n) is 8.70. The second-order valence-electron chi connectivity index (χ2n) is 8.13. The van der Waals surface area contributed by atoms with Crippen LogP contribution in [0.25, 0.3) is 0 Å². The molecule has 2 heterocycles. The molecule has 0 aromatic rings. The van der Waals surface area contributed by atoms with Crippen molar-refractivity contribution >= 4 is 22.3 Å². The number of nitrogens with zero attached hydrogens (tertiary/aromatic N) is 2. The summed E-state index contributed by atoms with van der Waals surface area (Å²) in [4.78, 5) is 27.5. The van der Waals surface area contributed by atoms with E-state index >= 15 is 0 Å². The van der Waals surface area contributed by atoms with E-state index in [-0.39, 0.29) is 19.1 Å². The first kappa shape index (κ1) is 21.5. The van der Waals surface area contributed by atoms with Crippen molar-refractivity contribution in [3.63, 3.8) is 0 Å². The highest BCUT2D eigenvalue weighted by molar-refractivity contribution is 7.85. The van der Waals surface area contributed by atoms with Crippen molar-refractivity contribution in [1.82, 2.24) is 9.80 Å². The van der Waals surface area contributed by atoms with Gasteiger partial charge in [0.15, 0.2) is 0 Å². The Morgan fingerprint density at radius 2 is 1.78 bits per heavy atom. The molecule has 2 saturated heterocycles. The first-order chi connectivity index (χ1) is 12.4. The summed E-state index contributed by atoms with van der Waals surface area (Å²) in [7, 11) is -3.60. The number of carbonyl (C=O) groups is 2. The Kier molecular flexibility index (Phi) is 6.10. The van der Waals surface area contributed by atoms with Crippen LogP contribution in [0, 0.1) is 11.3 Å². The van der Waals surface area contributed by atoms with Gasteiger partial charge < -0.3 is 19.3 Å². The van der Waals surface area contributed by atoms with E-state index in [1.807, 2.05) is 0 Å². The van der Waals surface area contributed by atoms with Crippen LogP contribution >= 0.6 is 0 Å². The monoisotopic (exact) mass is 404 g/mol. The number of amides is 2. The molecule has 2 rings (SSSR count). The van der Waals surface area contributed by atoms with Gasteiger partial charge in [0.05, 0.1) is 12.9 Å². The maximum absolute atomic E-state index is 12.2. The minimum Gasteiger partial charge on any atom is -0.445 e. The van der Waals surface area contributed by atoms with E-state index in [1.54, 1.807) is 25.7 Å². The smallest absolute Gasteiger partial charge is 0.410 e. The van der Waals surface area contributed by atoms with Gasteiger partial charge in [-0.1, -0.05) is 12.7 Å². The molecule has 1 spiro atoms. The van der Waals surface area contributed by atoms with E-state index in [9.17, 15) is 18.0 Å². The van der Waals surface area contributed by atoms with Gasteiger partial charge in [-0.3, -0.25) is 4.18 Å². The van der Waals surface area contributed by atoms with Crippen molar-refractivity contribution in [2.45, 2.75) is 26.4 Å². The van der Waals surface area contributed by atoms with E-state index in [2.05, 4.69) is 6.58 Å². The highest BCUT2D eigenvalue weighted by atomic mass is 32.2. The Morgan fingerprint density at radius 1 is 1.19 bits per heavy atom. The maximum Gasteiger partial charge on any atom is 0.410 e. The minimum absolute atomic E-state index is 0.0494. The number of hydrogen-bond donors (Lipinski definition) is 0. The Labute approximate surface area is 160 Å². The van der Waals surface area contributed by atoms with Crippen LogP contribution in [0.1, 0.15) is 20.8 Å². The van der Waals surface area contributed by atoms with E-state index < -0.39 is 33.3 Å². The van der Waals surface area contributed by atoms with E-state index in [1.165, 1.54) is 11.0 Å². The largest absolute Gasteiger partial charge is 0.445 e. The number of likely N-dealkylation sites (tertiary alicyclic amines) is 2. The summed E-state index contributed by atoms with van der Waals surface area (Å²) in [5.41, 5.74) is -1.04. The number of ether oxygens (including phenoxy) is 2. The zero-order valence-corrected chi connectivity index (χ0v) is 17.1. The molecule has 0 saturated carbocycles. The summed E-state index contributed by atoms with van der Waals surface area (Å²) < 4.78 is 38.1. The lowest BCUT2D eigenvalue weighted by Gasteiger charge is -2.50. The van der Waals surface area contributed by atoms with Crippen LogP contribution in [0.5, 0.6) is 0 Å². The SMILES string of the molecule is C=CCOC(=O)N1CC(COS(C)(=O)=O)C2(C1)CN(C(=O)OC(C)(C)C)C2. The van der Waals surface area contributed by atoms with E-state index in [0.717, 1.165) is 6.26 Å². The fourth-order valence-corrected chi connectivity index (χ4v) is 3.77. The fraction of sp³-hybridized carbons (Fsp3) is 0.765. The lowest BCUT2D eigenvalue weighted by molar-refractivity contribution is -0.0508. The van der Waals surface area contributed by atoms with Gasteiger partial charge in [0.25, 0.3) is 10.1 Å². The van der Waals surface area contributed by atoms with Crippen molar-refractivity contribution in [2.24, 2.45) is 11.3 Å². The summed E-state index contributed by atoms with van der Waals surface area (Å²) in [5, 5.41) is 0. The number of hydrogen-bond acceptors (Lipinski definition) is 7. The van der Waals surface area contributed by atoms with Crippen molar-refractivity contribution in [2.75, 3.05) is 45.6 Å². The third kappa shape index (κ3) is 5.58. The highest BCUT2D eigenvalue weighted by Crippen LogP contribution is 2.44. The Morgan fingerprint density at radius 3 is 2.30 bits per heavy atom. The van der Waals surface area contributed by atoms with Gasteiger partial charge in [0, 0.05) is 37.5 Å². The molecule has 0 N–H and O–H groups in total. The average molecular weight is 404 g/mol. The molecule has 0 aromatic heterocycles. The van der Waals surface area contributed by atoms with Gasteiger partial charge in [-0.2, -0.15) is 8.42 Å². The highest BCUT2D eigenvalue weighted by Gasteiger charge is 2.57. The Bertz CT molecular complexity index is 693. The molecule has 1 atom stereocenters. The molecule has 0 bridgehead atoms. The minimum atomic E-state index is -3.60. The topological polar surface area (TPSA) is 102 Å². The van der Waals surface area contributed by atoms with Crippen LogP contribution in [0.2, 0.25) is 0 Å². The molecule has 2 aliphatic rings. The Hall–Kier alpha value is -1.81. The third-order valence-corrected chi connectivity index (χ3v) is 5.11. The second-order valence-corrected chi connectivity index (χ2v) is 9.77. The summed E-state index contributed by atoms with van der Waals surface area (Å²) in [5.74, 6) is -0.234. The molecule has 10 heteroatoms. The van der Waals surface area contributed by atoms with Crippen molar-refractivity contribution < 1.29 is 31.7 Å². The predicted molar refractivity (Wildman–Crippen MR) is 97.6 cm³/mol. The molecule has 2 aliphatic heterocycles. The fourth-order valence-electron chi connectivity index (χ4n) is 3.36. The lowest BCUT2D eigenvalue weighted by Crippen LogP contribution is -2.63. The molecule has 0 aliphatic carbocycles. The van der Waals surface area contributed by atoms with Crippen molar-refractivity contribution in [3.05, 3.63) is 12.7 Å². The molecular formula is C17H28N2O7S. The molecule has 1 unspecified atom stereocenters. The molecular weight excluding hydrogens is 376 g/mol. The summed E-state index contributed by atoms with van der Waals surface area (Å²) in [6.07, 6.45) is 1.54. The maximum atomic E-state index is 12.2. The standard InChI is InChI=1S/C17H28N2O7S/c1-6-7-24-14(20)18-8-13(9-25-27(5,22)23)17(10-18)11-19(12-17)15(21)26-16(2,3)4/h6,13H,1,7-12H2,2-5H3. The van der Waals surface area contributed by atoms with Gasteiger partial charge in [0.2, 0.25) is 0 Å². The van der Waals surface area contributed by atoms with Crippen LogP contribution in [0.3, 0.4) is 0 Å². The van der Waals surface area contributed by atoms with E-state index in [4.69, 9.17) is 13.7 Å². The third-order valence-electron chi connectivity index (χ3n) is 4.54. The zero-order valence-electron chi connectivity index (χ0n) is 16.3. The quantitative estimate of drug-likeness (QED) is 0.505. The van der Waals surface area contributed by atoms with Crippen LogP contribution in [0.15, 0.2) is 12.7 Å². The molecule has 2 amide bonds. The number of carbonyl (C=O) groups excluding carboxylic acids is 2.